The number of anilines is 2. The quantitative estimate of drug-likeness (QED) is 0.603. The highest BCUT2D eigenvalue weighted by molar-refractivity contribution is 6.06. The van der Waals surface area contributed by atoms with E-state index in [0.717, 1.165) is 11.3 Å². The third-order valence-corrected chi connectivity index (χ3v) is 4.10. The van der Waals surface area contributed by atoms with Crippen LogP contribution in [0.4, 0.5) is 16.2 Å². The summed E-state index contributed by atoms with van der Waals surface area (Å²) in [5.74, 6) is 0.820. The highest BCUT2D eigenvalue weighted by Gasteiger charge is 2.15. The Bertz CT molecular complexity index is 976. The number of primary amides is 1. The van der Waals surface area contributed by atoms with Crippen molar-refractivity contribution in [2.45, 2.75) is 20.5 Å². The number of aromatic nitrogens is 1. The van der Waals surface area contributed by atoms with E-state index in [0.29, 0.717) is 28.4 Å². The topological polar surface area (TPSA) is 119 Å². The van der Waals surface area contributed by atoms with Gasteiger partial charge in [-0.15, -0.1) is 0 Å². The van der Waals surface area contributed by atoms with E-state index >= 15 is 0 Å². The summed E-state index contributed by atoms with van der Waals surface area (Å²) < 4.78 is 11.0. The van der Waals surface area contributed by atoms with Gasteiger partial charge in [0.1, 0.15) is 18.1 Å². The summed E-state index contributed by atoms with van der Waals surface area (Å²) in [5, 5.41) is 9.16. The molecule has 8 heteroatoms. The second-order valence-electron chi connectivity index (χ2n) is 6.11. The molecule has 0 saturated carbocycles. The Kier molecular flexibility index (Phi) is 5.59. The summed E-state index contributed by atoms with van der Waals surface area (Å²) in [4.78, 5) is 23.5. The molecule has 4 N–H and O–H groups in total. The lowest BCUT2D eigenvalue weighted by Gasteiger charge is -2.12. The molecule has 8 nitrogen and oxygen atoms in total. The minimum atomic E-state index is -0.652. The Morgan fingerprint density at radius 2 is 1.68 bits per heavy atom. The molecule has 0 saturated heterocycles. The molecule has 0 aliphatic heterocycles. The number of nitrogens with zero attached hydrogens (tertiary/aromatic N) is 1. The van der Waals surface area contributed by atoms with Gasteiger partial charge < -0.3 is 25.6 Å². The third-order valence-electron chi connectivity index (χ3n) is 4.10. The minimum absolute atomic E-state index is 0.249. The first-order chi connectivity index (χ1) is 13.4. The molecule has 3 amide bonds. The van der Waals surface area contributed by atoms with Crippen LogP contribution in [0.3, 0.4) is 0 Å². The molecule has 0 fully saturated rings. The second-order valence-corrected chi connectivity index (χ2v) is 6.11. The van der Waals surface area contributed by atoms with Crippen molar-refractivity contribution < 1.29 is 18.8 Å². The van der Waals surface area contributed by atoms with E-state index in [9.17, 15) is 9.59 Å². The number of benzene rings is 2. The number of rotatable bonds is 6. The van der Waals surface area contributed by atoms with Crippen molar-refractivity contribution >= 4 is 23.3 Å². The van der Waals surface area contributed by atoms with Crippen LogP contribution in [-0.2, 0) is 6.61 Å². The standard InChI is InChI=1S/C20H20N4O4/c1-12-17(13(2)28-24-12)11-27-18-6-4-3-5-16(18)19(25)22-14-7-9-15(10-8-14)23-20(21)26/h3-10H,11H2,1-2H3,(H,22,25)(H3,21,23,26). The molecule has 144 valence electrons. The average Bonchev–Trinajstić information content (AvgIpc) is 2.99. The van der Waals surface area contributed by atoms with Crippen LogP contribution in [0.2, 0.25) is 0 Å². The second kappa shape index (κ2) is 8.26. The van der Waals surface area contributed by atoms with Crippen LogP contribution in [-0.4, -0.2) is 17.1 Å². The van der Waals surface area contributed by atoms with Gasteiger partial charge in [0.05, 0.1) is 16.8 Å². The lowest BCUT2D eigenvalue weighted by Crippen LogP contribution is -2.19. The summed E-state index contributed by atoms with van der Waals surface area (Å²) in [5.41, 5.74) is 8.19. The molecule has 0 spiro atoms. The molecule has 2 aromatic carbocycles. The fourth-order valence-corrected chi connectivity index (χ4v) is 2.62. The maximum atomic E-state index is 12.7. The summed E-state index contributed by atoms with van der Waals surface area (Å²) in [6.07, 6.45) is 0. The molecule has 0 aliphatic carbocycles. The summed E-state index contributed by atoms with van der Waals surface area (Å²) in [6, 6.07) is 12.9. The lowest BCUT2D eigenvalue weighted by molar-refractivity contribution is 0.102. The van der Waals surface area contributed by atoms with Gasteiger partial charge in [-0.25, -0.2) is 4.79 Å². The molecule has 0 radical (unpaired) electrons. The largest absolute Gasteiger partial charge is 0.488 e. The number of nitrogens with two attached hydrogens (primary N) is 1. The number of para-hydroxylation sites is 1. The van der Waals surface area contributed by atoms with E-state index < -0.39 is 6.03 Å². The highest BCUT2D eigenvalue weighted by Crippen LogP contribution is 2.23. The molecule has 0 aliphatic rings. The van der Waals surface area contributed by atoms with Crippen LogP contribution in [0.5, 0.6) is 5.75 Å². The predicted molar refractivity (Wildman–Crippen MR) is 104 cm³/mol. The number of amides is 3. The van der Waals surface area contributed by atoms with Gasteiger partial charge >= 0.3 is 6.03 Å². The molecule has 3 aromatic rings. The van der Waals surface area contributed by atoms with Gasteiger partial charge in [-0.1, -0.05) is 17.3 Å². The number of hydrogen-bond donors (Lipinski definition) is 3. The number of carbonyl (C=O) groups excluding carboxylic acids is 2. The molecule has 28 heavy (non-hydrogen) atoms. The van der Waals surface area contributed by atoms with E-state index in [1.165, 1.54) is 0 Å². The van der Waals surface area contributed by atoms with E-state index in [1.807, 2.05) is 13.8 Å². The van der Waals surface area contributed by atoms with Gasteiger partial charge in [0.15, 0.2) is 0 Å². The molecular weight excluding hydrogens is 360 g/mol. The van der Waals surface area contributed by atoms with Gasteiger partial charge in [0.2, 0.25) is 0 Å². The Morgan fingerprint density at radius 1 is 1.04 bits per heavy atom. The predicted octanol–water partition coefficient (Wildman–Crippen LogP) is 3.61. The van der Waals surface area contributed by atoms with Crippen LogP contribution in [0.1, 0.15) is 27.4 Å². The molecule has 3 rings (SSSR count). The summed E-state index contributed by atoms with van der Waals surface area (Å²) in [7, 11) is 0. The van der Waals surface area contributed by atoms with Crippen molar-refractivity contribution in [1.82, 2.24) is 5.16 Å². The van der Waals surface area contributed by atoms with Crippen molar-refractivity contribution in [3.63, 3.8) is 0 Å². The van der Waals surface area contributed by atoms with Crippen molar-refractivity contribution in [3.05, 3.63) is 71.1 Å². The molecule has 1 heterocycles. The van der Waals surface area contributed by atoms with Gasteiger partial charge in [-0.05, 0) is 50.2 Å². The minimum Gasteiger partial charge on any atom is -0.488 e. The monoisotopic (exact) mass is 380 g/mol. The van der Waals surface area contributed by atoms with Crippen LogP contribution >= 0.6 is 0 Å². The van der Waals surface area contributed by atoms with Gasteiger partial charge in [0, 0.05) is 11.4 Å². The Hall–Kier alpha value is -3.81. The summed E-state index contributed by atoms with van der Waals surface area (Å²) in [6.45, 7) is 3.90. The Morgan fingerprint density at radius 3 is 2.29 bits per heavy atom. The fraction of sp³-hybridized carbons (Fsp3) is 0.150. The highest BCUT2D eigenvalue weighted by atomic mass is 16.5. The zero-order valence-corrected chi connectivity index (χ0v) is 15.5. The zero-order valence-electron chi connectivity index (χ0n) is 15.5. The van der Waals surface area contributed by atoms with Crippen LogP contribution in [0.15, 0.2) is 53.1 Å². The van der Waals surface area contributed by atoms with Gasteiger partial charge in [-0.2, -0.15) is 0 Å². The number of urea groups is 1. The van der Waals surface area contributed by atoms with Crippen molar-refractivity contribution in [2.24, 2.45) is 5.73 Å². The number of ether oxygens (including phenoxy) is 1. The average molecular weight is 380 g/mol. The van der Waals surface area contributed by atoms with Crippen molar-refractivity contribution in [3.8, 4) is 5.75 Å². The first-order valence-electron chi connectivity index (χ1n) is 8.55. The third kappa shape index (κ3) is 4.47. The number of carbonyl (C=O) groups is 2. The smallest absolute Gasteiger partial charge is 0.316 e. The number of nitrogens with one attached hydrogen (secondary N) is 2. The lowest BCUT2D eigenvalue weighted by atomic mass is 10.1. The molecule has 1 aromatic heterocycles. The Balaban J connectivity index is 1.71. The zero-order chi connectivity index (χ0) is 20.1. The maximum Gasteiger partial charge on any atom is 0.316 e. The van der Waals surface area contributed by atoms with E-state index in [4.69, 9.17) is 15.0 Å². The van der Waals surface area contributed by atoms with Crippen LogP contribution in [0, 0.1) is 13.8 Å². The summed E-state index contributed by atoms with van der Waals surface area (Å²) >= 11 is 0. The van der Waals surface area contributed by atoms with E-state index in [1.54, 1.807) is 48.5 Å². The fourth-order valence-electron chi connectivity index (χ4n) is 2.62. The SMILES string of the molecule is Cc1noc(C)c1COc1ccccc1C(=O)Nc1ccc(NC(N)=O)cc1. The number of aryl methyl sites for hydroxylation is 2. The molecule has 0 bridgehead atoms. The van der Waals surface area contributed by atoms with Gasteiger partial charge in [-0.3, -0.25) is 4.79 Å². The van der Waals surface area contributed by atoms with Crippen LogP contribution < -0.4 is 21.1 Å². The van der Waals surface area contributed by atoms with Crippen molar-refractivity contribution in [2.75, 3.05) is 10.6 Å². The molecule has 0 unspecified atom stereocenters. The molecular formula is C20H20N4O4. The first kappa shape index (κ1) is 19.0. The molecule has 0 atom stereocenters. The number of hydrogen-bond acceptors (Lipinski definition) is 5. The van der Waals surface area contributed by atoms with Crippen molar-refractivity contribution in [1.29, 1.82) is 0 Å². The Labute approximate surface area is 161 Å². The van der Waals surface area contributed by atoms with Crippen LogP contribution in [0.25, 0.3) is 0 Å². The van der Waals surface area contributed by atoms with E-state index in [2.05, 4.69) is 15.8 Å². The van der Waals surface area contributed by atoms with E-state index in [-0.39, 0.29) is 12.5 Å². The van der Waals surface area contributed by atoms with Gasteiger partial charge in [0.25, 0.3) is 5.91 Å². The maximum absolute atomic E-state index is 12.7. The normalized spacial score (nSPS) is 10.4. The first-order valence-corrected chi connectivity index (χ1v) is 8.55.